The lowest BCUT2D eigenvalue weighted by Crippen LogP contribution is -2.22. The summed E-state index contributed by atoms with van der Waals surface area (Å²) in [5.41, 5.74) is 8.46. The SMILES string of the molecule is Cc1nn(COCC[Si](C)(C)C)c2cncc(N)c12. The van der Waals surface area contributed by atoms with Gasteiger partial charge in [0.05, 0.1) is 29.3 Å². The molecule has 104 valence electrons. The maximum atomic E-state index is 5.93. The van der Waals surface area contributed by atoms with E-state index in [0.717, 1.165) is 29.2 Å². The monoisotopic (exact) mass is 278 g/mol. The number of nitrogens with two attached hydrogens (primary N) is 1. The first-order chi connectivity index (χ1) is 8.88. The molecule has 0 radical (unpaired) electrons. The summed E-state index contributed by atoms with van der Waals surface area (Å²) in [6.45, 7) is 10.2. The number of nitrogen functional groups attached to an aromatic ring is 1. The molecule has 0 aliphatic heterocycles. The fourth-order valence-corrected chi connectivity index (χ4v) is 2.72. The van der Waals surface area contributed by atoms with Crippen molar-refractivity contribution < 1.29 is 4.74 Å². The van der Waals surface area contributed by atoms with E-state index in [1.54, 1.807) is 12.4 Å². The Kier molecular flexibility index (Phi) is 3.91. The molecule has 5 nitrogen and oxygen atoms in total. The highest BCUT2D eigenvalue weighted by atomic mass is 28.3. The van der Waals surface area contributed by atoms with E-state index in [2.05, 4.69) is 29.7 Å². The summed E-state index contributed by atoms with van der Waals surface area (Å²) in [6, 6.07) is 1.16. The van der Waals surface area contributed by atoms with Gasteiger partial charge in [-0.1, -0.05) is 19.6 Å². The summed E-state index contributed by atoms with van der Waals surface area (Å²) >= 11 is 0. The largest absolute Gasteiger partial charge is 0.397 e. The number of nitrogens with zero attached hydrogens (tertiary/aromatic N) is 3. The van der Waals surface area contributed by atoms with Gasteiger partial charge in [-0.05, 0) is 13.0 Å². The van der Waals surface area contributed by atoms with Crippen molar-refractivity contribution in [2.45, 2.75) is 39.3 Å². The van der Waals surface area contributed by atoms with E-state index < -0.39 is 8.07 Å². The second-order valence-electron chi connectivity index (χ2n) is 6.06. The molecule has 0 saturated carbocycles. The predicted octanol–water partition coefficient (Wildman–Crippen LogP) is 2.63. The summed E-state index contributed by atoms with van der Waals surface area (Å²) in [7, 11) is -1.04. The molecule has 0 atom stereocenters. The van der Waals surface area contributed by atoms with Crippen LogP contribution < -0.4 is 5.73 Å². The molecule has 0 unspecified atom stereocenters. The van der Waals surface area contributed by atoms with E-state index in [4.69, 9.17) is 10.5 Å². The van der Waals surface area contributed by atoms with Crippen LogP contribution in [0.2, 0.25) is 25.7 Å². The fourth-order valence-electron chi connectivity index (χ4n) is 1.97. The molecule has 0 amide bonds. The van der Waals surface area contributed by atoms with Gasteiger partial charge < -0.3 is 10.5 Å². The number of rotatable bonds is 5. The molecule has 0 fully saturated rings. The summed E-state index contributed by atoms with van der Waals surface area (Å²) in [6.07, 6.45) is 3.45. The molecular weight excluding hydrogens is 256 g/mol. The summed E-state index contributed by atoms with van der Waals surface area (Å²) in [5, 5.41) is 5.44. The van der Waals surface area contributed by atoms with E-state index >= 15 is 0 Å². The first-order valence-corrected chi connectivity index (χ1v) is 10.2. The minimum Gasteiger partial charge on any atom is -0.397 e. The average molecular weight is 278 g/mol. The van der Waals surface area contributed by atoms with Gasteiger partial charge in [-0.25, -0.2) is 4.68 Å². The third kappa shape index (κ3) is 3.33. The molecule has 0 aliphatic carbocycles. The molecule has 6 heteroatoms. The molecule has 2 aromatic rings. The molecular formula is C13H22N4OSi. The Labute approximate surface area is 114 Å². The smallest absolute Gasteiger partial charge is 0.140 e. The highest BCUT2D eigenvalue weighted by molar-refractivity contribution is 6.76. The van der Waals surface area contributed by atoms with Crippen molar-refractivity contribution in [2.75, 3.05) is 12.3 Å². The zero-order valence-corrected chi connectivity index (χ0v) is 13.1. The normalized spacial score (nSPS) is 12.2. The number of hydrogen-bond donors (Lipinski definition) is 1. The predicted molar refractivity (Wildman–Crippen MR) is 80.8 cm³/mol. The summed E-state index contributed by atoms with van der Waals surface area (Å²) < 4.78 is 7.56. The molecule has 0 aromatic carbocycles. The van der Waals surface area contributed by atoms with Crippen molar-refractivity contribution in [3.8, 4) is 0 Å². The van der Waals surface area contributed by atoms with E-state index in [1.807, 2.05) is 11.6 Å². The molecule has 2 N–H and O–H groups in total. The van der Waals surface area contributed by atoms with E-state index in [-0.39, 0.29) is 0 Å². The first kappa shape index (κ1) is 14.0. The highest BCUT2D eigenvalue weighted by Crippen LogP contribution is 2.22. The zero-order valence-electron chi connectivity index (χ0n) is 12.1. The van der Waals surface area contributed by atoms with Crippen LogP contribution in [0.3, 0.4) is 0 Å². The number of aryl methyl sites for hydroxylation is 1. The van der Waals surface area contributed by atoms with Crippen molar-refractivity contribution in [1.82, 2.24) is 14.8 Å². The molecule has 0 aliphatic rings. The minimum absolute atomic E-state index is 0.458. The Bertz CT molecular complexity index is 574. The third-order valence-electron chi connectivity index (χ3n) is 3.08. The van der Waals surface area contributed by atoms with Gasteiger partial charge in [-0.2, -0.15) is 5.10 Å². The highest BCUT2D eigenvalue weighted by Gasteiger charge is 2.13. The second kappa shape index (κ2) is 5.30. The number of anilines is 1. The summed E-state index contributed by atoms with van der Waals surface area (Å²) in [4.78, 5) is 4.12. The van der Waals surface area contributed by atoms with Crippen LogP contribution in [0.5, 0.6) is 0 Å². The number of hydrogen-bond acceptors (Lipinski definition) is 4. The Morgan fingerprint density at radius 3 is 2.74 bits per heavy atom. The van der Waals surface area contributed by atoms with Crippen LogP contribution in [0.4, 0.5) is 5.69 Å². The Hall–Kier alpha value is -1.40. The van der Waals surface area contributed by atoms with Crippen molar-refractivity contribution in [3.05, 3.63) is 18.1 Å². The van der Waals surface area contributed by atoms with Gasteiger partial charge in [0.1, 0.15) is 6.73 Å². The van der Waals surface area contributed by atoms with Gasteiger partial charge in [0.15, 0.2) is 0 Å². The van der Waals surface area contributed by atoms with Crippen LogP contribution in [0.15, 0.2) is 12.4 Å². The van der Waals surface area contributed by atoms with Crippen LogP contribution in [0.25, 0.3) is 10.9 Å². The van der Waals surface area contributed by atoms with E-state index in [1.165, 1.54) is 0 Å². The Morgan fingerprint density at radius 1 is 1.32 bits per heavy atom. The molecule has 2 heterocycles. The molecule has 0 spiro atoms. The third-order valence-corrected chi connectivity index (χ3v) is 4.78. The van der Waals surface area contributed by atoms with Crippen molar-refractivity contribution in [2.24, 2.45) is 0 Å². The van der Waals surface area contributed by atoms with Gasteiger partial charge in [-0.15, -0.1) is 0 Å². The first-order valence-electron chi connectivity index (χ1n) is 6.53. The van der Waals surface area contributed by atoms with Crippen LogP contribution in [0.1, 0.15) is 5.69 Å². The van der Waals surface area contributed by atoms with Gasteiger partial charge >= 0.3 is 0 Å². The van der Waals surface area contributed by atoms with Gasteiger partial charge in [0.25, 0.3) is 0 Å². The number of fused-ring (bicyclic) bond motifs is 1. The van der Waals surface area contributed by atoms with E-state index in [9.17, 15) is 0 Å². The minimum atomic E-state index is -1.04. The second-order valence-corrected chi connectivity index (χ2v) is 11.7. The fraction of sp³-hybridized carbons (Fsp3) is 0.538. The zero-order chi connectivity index (χ0) is 14.0. The topological polar surface area (TPSA) is 66.0 Å². The molecule has 0 saturated heterocycles. The lowest BCUT2D eigenvalue weighted by molar-refractivity contribution is 0.0814. The average Bonchev–Trinajstić information content (AvgIpc) is 2.62. The van der Waals surface area contributed by atoms with Gasteiger partial charge in [0.2, 0.25) is 0 Å². The number of pyridine rings is 1. The lowest BCUT2D eigenvalue weighted by atomic mass is 10.2. The summed E-state index contributed by atoms with van der Waals surface area (Å²) in [5.74, 6) is 0. The molecule has 2 rings (SSSR count). The number of ether oxygens (including phenoxy) is 1. The quantitative estimate of drug-likeness (QED) is 0.674. The number of aromatic nitrogens is 3. The lowest BCUT2D eigenvalue weighted by Gasteiger charge is -2.15. The maximum absolute atomic E-state index is 5.93. The van der Waals surface area contributed by atoms with Crippen LogP contribution >= 0.6 is 0 Å². The standard InChI is InChI=1S/C13H22N4OSi/c1-10-13-11(14)7-15-8-12(13)17(16-10)9-18-5-6-19(2,3)4/h7-8H,5-6,9,14H2,1-4H3. The van der Waals surface area contributed by atoms with Gasteiger partial charge in [-0.3, -0.25) is 4.98 Å². The maximum Gasteiger partial charge on any atom is 0.140 e. The van der Waals surface area contributed by atoms with E-state index in [0.29, 0.717) is 12.4 Å². The molecule has 19 heavy (non-hydrogen) atoms. The van der Waals surface area contributed by atoms with Crippen LogP contribution in [0, 0.1) is 6.92 Å². The van der Waals surface area contributed by atoms with Crippen molar-refractivity contribution >= 4 is 24.7 Å². The van der Waals surface area contributed by atoms with Crippen LogP contribution in [-0.2, 0) is 11.5 Å². The van der Waals surface area contributed by atoms with Crippen molar-refractivity contribution in [3.63, 3.8) is 0 Å². The van der Waals surface area contributed by atoms with Gasteiger partial charge in [0, 0.05) is 20.1 Å². The Morgan fingerprint density at radius 2 is 2.05 bits per heavy atom. The molecule has 2 aromatic heterocycles. The van der Waals surface area contributed by atoms with Crippen LogP contribution in [-0.4, -0.2) is 29.4 Å². The Balaban J connectivity index is 2.08. The van der Waals surface area contributed by atoms with Crippen molar-refractivity contribution in [1.29, 1.82) is 0 Å². The molecule has 0 bridgehead atoms.